The van der Waals surface area contributed by atoms with E-state index in [-0.39, 0.29) is 18.4 Å². The molecule has 6 nitrogen and oxygen atoms in total. The van der Waals surface area contributed by atoms with E-state index in [1.165, 1.54) is 0 Å². The lowest BCUT2D eigenvalue weighted by Gasteiger charge is -2.32. The van der Waals surface area contributed by atoms with E-state index in [1.807, 2.05) is 30.3 Å². The van der Waals surface area contributed by atoms with Crippen LogP contribution in [0.5, 0.6) is 0 Å². The largest absolute Gasteiger partial charge is 0.391 e. The van der Waals surface area contributed by atoms with Crippen molar-refractivity contribution in [3.8, 4) is 0 Å². The van der Waals surface area contributed by atoms with Gasteiger partial charge in [-0.1, -0.05) is 12.1 Å². The summed E-state index contributed by atoms with van der Waals surface area (Å²) in [6, 6.07) is 9.37. The van der Waals surface area contributed by atoms with Crippen LogP contribution in [0.25, 0.3) is 0 Å². The van der Waals surface area contributed by atoms with Crippen LogP contribution >= 0.6 is 0 Å². The molecule has 0 aromatic carbocycles. The summed E-state index contributed by atoms with van der Waals surface area (Å²) in [6.45, 7) is 1.89. The number of rotatable bonds is 5. The maximum Gasteiger partial charge on any atom is 0.226 e. The third-order valence-electron chi connectivity index (χ3n) is 4.11. The molecule has 0 radical (unpaired) electrons. The zero-order valence-electron chi connectivity index (χ0n) is 13.6. The number of nitrogens with one attached hydrogen (secondary N) is 1. The van der Waals surface area contributed by atoms with Crippen LogP contribution in [-0.2, 0) is 17.8 Å². The summed E-state index contributed by atoms with van der Waals surface area (Å²) in [5.41, 5.74) is 1.71. The van der Waals surface area contributed by atoms with Gasteiger partial charge in [-0.3, -0.25) is 9.78 Å². The maximum atomic E-state index is 12.1. The van der Waals surface area contributed by atoms with Gasteiger partial charge in [0, 0.05) is 43.3 Å². The van der Waals surface area contributed by atoms with Crippen molar-refractivity contribution in [3.05, 3.63) is 54.0 Å². The Morgan fingerprint density at radius 3 is 2.92 bits per heavy atom. The van der Waals surface area contributed by atoms with Gasteiger partial charge in [-0.05, 0) is 31.0 Å². The van der Waals surface area contributed by atoms with Crippen molar-refractivity contribution >= 4 is 11.7 Å². The molecule has 24 heavy (non-hydrogen) atoms. The lowest BCUT2D eigenvalue weighted by atomic mass is 10.1. The fraction of sp³-hybridized carbons (Fsp3) is 0.389. The van der Waals surface area contributed by atoms with Gasteiger partial charge in [-0.25, -0.2) is 4.98 Å². The number of hydrogen-bond donors (Lipinski definition) is 2. The Labute approximate surface area is 141 Å². The van der Waals surface area contributed by atoms with Crippen LogP contribution in [-0.4, -0.2) is 40.2 Å². The van der Waals surface area contributed by atoms with Crippen LogP contribution in [0, 0.1) is 0 Å². The molecule has 1 aliphatic rings. The number of carbonyl (C=O) groups is 1. The molecule has 2 aromatic heterocycles. The van der Waals surface area contributed by atoms with Crippen molar-refractivity contribution in [2.75, 3.05) is 18.0 Å². The molecule has 1 fully saturated rings. The molecule has 0 saturated carbocycles. The summed E-state index contributed by atoms with van der Waals surface area (Å²) in [5, 5.41) is 12.8. The lowest BCUT2D eigenvalue weighted by Crippen LogP contribution is -2.39. The van der Waals surface area contributed by atoms with Gasteiger partial charge in [0.05, 0.1) is 12.5 Å². The average Bonchev–Trinajstić information content (AvgIpc) is 2.61. The minimum atomic E-state index is -0.313. The smallest absolute Gasteiger partial charge is 0.226 e. The van der Waals surface area contributed by atoms with Crippen molar-refractivity contribution in [2.24, 2.45) is 0 Å². The summed E-state index contributed by atoms with van der Waals surface area (Å²) in [7, 11) is 0. The molecule has 6 heteroatoms. The van der Waals surface area contributed by atoms with Crippen LogP contribution in [0.3, 0.4) is 0 Å². The highest BCUT2D eigenvalue weighted by molar-refractivity contribution is 5.78. The third kappa shape index (κ3) is 4.29. The monoisotopic (exact) mass is 326 g/mol. The Kier molecular flexibility index (Phi) is 5.38. The van der Waals surface area contributed by atoms with Crippen molar-refractivity contribution in [2.45, 2.75) is 31.9 Å². The molecule has 0 bridgehead atoms. The van der Waals surface area contributed by atoms with E-state index in [0.29, 0.717) is 13.1 Å². The molecular formula is C18H22N4O2. The zero-order chi connectivity index (χ0) is 16.8. The Bertz CT molecular complexity index is 678. The second-order valence-corrected chi connectivity index (χ2v) is 6.00. The third-order valence-corrected chi connectivity index (χ3v) is 4.11. The van der Waals surface area contributed by atoms with Gasteiger partial charge in [0.25, 0.3) is 0 Å². The maximum absolute atomic E-state index is 12.1. The van der Waals surface area contributed by atoms with Gasteiger partial charge in [0.15, 0.2) is 0 Å². The van der Waals surface area contributed by atoms with Crippen LogP contribution in [0.2, 0.25) is 0 Å². The number of piperidine rings is 1. The quantitative estimate of drug-likeness (QED) is 0.866. The molecule has 1 aliphatic heterocycles. The number of anilines is 1. The summed E-state index contributed by atoms with van der Waals surface area (Å²) in [4.78, 5) is 22.8. The van der Waals surface area contributed by atoms with Crippen LogP contribution in [0.1, 0.15) is 24.1 Å². The predicted molar refractivity (Wildman–Crippen MR) is 91.5 cm³/mol. The molecule has 2 N–H and O–H groups in total. The zero-order valence-corrected chi connectivity index (χ0v) is 13.6. The molecule has 0 spiro atoms. The van der Waals surface area contributed by atoms with Gasteiger partial charge in [-0.15, -0.1) is 0 Å². The van der Waals surface area contributed by atoms with E-state index in [4.69, 9.17) is 0 Å². The number of aromatic nitrogens is 2. The number of pyridine rings is 2. The van der Waals surface area contributed by atoms with Crippen molar-refractivity contribution in [3.63, 3.8) is 0 Å². The van der Waals surface area contributed by atoms with Crippen LogP contribution < -0.4 is 10.2 Å². The van der Waals surface area contributed by atoms with Gasteiger partial charge in [-0.2, -0.15) is 0 Å². The number of aliphatic hydroxyl groups is 1. The summed E-state index contributed by atoms with van der Waals surface area (Å²) >= 11 is 0. The lowest BCUT2D eigenvalue weighted by molar-refractivity contribution is -0.120. The molecule has 1 amide bonds. The number of amides is 1. The Morgan fingerprint density at radius 1 is 1.25 bits per heavy atom. The number of carbonyl (C=O) groups excluding carboxylic acids is 1. The first-order valence-corrected chi connectivity index (χ1v) is 8.26. The first-order chi connectivity index (χ1) is 11.7. The van der Waals surface area contributed by atoms with E-state index in [0.717, 1.165) is 36.5 Å². The highest BCUT2D eigenvalue weighted by atomic mass is 16.3. The normalized spacial score (nSPS) is 17.5. The van der Waals surface area contributed by atoms with E-state index in [9.17, 15) is 9.90 Å². The van der Waals surface area contributed by atoms with E-state index >= 15 is 0 Å². The minimum absolute atomic E-state index is 0.0674. The van der Waals surface area contributed by atoms with Crippen LogP contribution in [0.15, 0.2) is 42.7 Å². The molecule has 3 rings (SSSR count). The molecular weight excluding hydrogens is 304 g/mol. The highest BCUT2D eigenvalue weighted by Gasteiger charge is 2.21. The highest BCUT2D eigenvalue weighted by Crippen LogP contribution is 2.21. The summed E-state index contributed by atoms with van der Waals surface area (Å²) < 4.78 is 0. The van der Waals surface area contributed by atoms with E-state index in [2.05, 4.69) is 20.2 Å². The molecule has 1 atom stereocenters. The number of aliphatic hydroxyl groups excluding tert-OH is 1. The molecule has 126 valence electrons. The average molecular weight is 326 g/mol. The van der Waals surface area contributed by atoms with Gasteiger partial charge >= 0.3 is 0 Å². The minimum Gasteiger partial charge on any atom is -0.391 e. The summed E-state index contributed by atoms with van der Waals surface area (Å²) in [5.74, 6) is 0.775. The summed E-state index contributed by atoms with van der Waals surface area (Å²) in [6.07, 6.45) is 5.16. The molecule has 3 heterocycles. The Morgan fingerprint density at radius 2 is 2.12 bits per heavy atom. The molecule has 1 saturated heterocycles. The van der Waals surface area contributed by atoms with Crippen LogP contribution in [0.4, 0.5) is 5.82 Å². The SMILES string of the molecule is O=C(Cc1ccccn1)NCc1cccnc1N1CCC[C@H](O)C1. The predicted octanol–water partition coefficient (Wildman–Crippen LogP) is 1.30. The molecule has 0 aliphatic carbocycles. The van der Waals surface area contributed by atoms with Crippen molar-refractivity contribution < 1.29 is 9.90 Å². The second-order valence-electron chi connectivity index (χ2n) is 6.00. The fourth-order valence-electron chi connectivity index (χ4n) is 2.92. The van der Waals surface area contributed by atoms with Gasteiger partial charge < -0.3 is 15.3 Å². The van der Waals surface area contributed by atoms with E-state index in [1.54, 1.807) is 12.4 Å². The van der Waals surface area contributed by atoms with E-state index < -0.39 is 0 Å². The van der Waals surface area contributed by atoms with Gasteiger partial charge in [0.1, 0.15) is 5.82 Å². The Balaban J connectivity index is 1.62. The number of β-amino-alcohol motifs (C(OH)–C–C–N with tert-alkyl or cyclic N) is 1. The fourth-order valence-corrected chi connectivity index (χ4v) is 2.92. The van der Waals surface area contributed by atoms with Crippen molar-refractivity contribution in [1.82, 2.24) is 15.3 Å². The Hall–Kier alpha value is -2.47. The topological polar surface area (TPSA) is 78.4 Å². The molecule has 2 aromatic rings. The first-order valence-electron chi connectivity index (χ1n) is 8.26. The second kappa shape index (κ2) is 7.88. The molecule has 0 unspecified atom stereocenters. The standard InChI is InChI=1S/C18H22N4O2/c23-16-7-4-10-22(13-16)18-14(5-3-9-20-18)12-21-17(24)11-15-6-1-2-8-19-15/h1-3,5-6,8-9,16,23H,4,7,10-13H2,(H,21,24)/t16-/m0/s1. The van der Waals surface area contributed by atoms with Gasteiger partial charge in [0.2, 0.25) is 5.91 Å². The number of hydrogen-bond acceptors (Lipinski definition) is 5. The first kappa shape index (κ1) is 16.4. The number of nitrogens with zero attached hydrogens (tertiary/aromatic N) is 3. The van der Waals surface area contributed by atoms with Crippen molar-refractivity contribution in [1.29, 1.82) is 0 Å².